The smallest absolute Gasteiger partial charge is 0.340 e. The number of nitrogen functional groups attached to an aromatic ring is 2. The maximum Gasteiger partial charge on any atom is 0.340 e. The van der Waals surface area contributed by atoms with E-state index in [2.05, 4.69) is 15.3 Å². The SMILES string of the molecule is CC(C)(C)OC(=O)c1cc(Oc2nc(Oc3ccccc3NC(=N)N)nc(N)c2N)ccc1C#N. The Labute approximate surface area is 201 Å². The first-order valence-corrected chi connectivity index (χ1v) is 10.2. The highest BCUT2D eigenvalue weighted by molar-refractivity contribution is 5.93. The number of ether oxygens (including phenoxy) is 3. The van der Waals surface area contributed by atoms with Crippen molar-refractivity contribution in [1.82, 2.24) is 9.97 Å². The zero-order valence-electron chi connectivity index (χ0n) is 19.2. The number of nitrogens with zero attached hydrogens (tertiary/aromatic N) is 3. The third-order valence-corrected chi connectivity index (χ3v) is 4.22. The fourth-order valence-corrected chi connectivity index (χ4v) is 2.77. The fraction of sp³-hybridized carbons (Fsp3) is 0.174. The molecule has 12 heteroatoms. The predicted octanol–water partition coefficient (Wildman–Crippen LogP) is 3.36. The van der Waals surface area contributed by atoms with Crippen molar-refractivity contribution in [1.29, 1.82) is 10.7 Å². The summed E-state index contributed by atoms with van der Waals surface area (Å²) in [5.74, 6) is -0.798. The Hall–Kier alpha value is -5.05. The number of nitriles is 1. The highest BCUT2D eigenvalue weighted by Gasteiger charge is 2.22. The standard InChI is InChI=1S/C23H24N8O4/c1-23(2,3)35-20(32)14-10-13(9-8-12(14)11-24)33-19-17(25)18(26)30-22(31-19)34-16-7-5-4-6-15(16)29-21(27)28/h4-10H,25H2,1-3H3,(H2,26,30,31)(H4,27,28,29). The Bertz CT molecular complexity index is 1330. The molecule has 2 aromatic carbocycles. The first kappa shape index (κ1) is 24.6. The normalized spacial score (nSPS) is 10.7. The average molecular weight is 476 g/mol. The highest BCUT2D eigenvalue weighted by Crippen LogP contribution is 2.34. The van der Waals surface area contributed by atoms with Crippen molar-refractivity contribution in [2.24, 2.45) is 5.73 Å². The Morgan fingerprint density at radius 2 is 1.83 bits per heavy atom. The first-order chi connectivity index (χ1) is 16.5. The second-order valence-corrected chi connectivity index (χ2v) is 8.17. The Balaban J connectivity index is 1.94. The molecule has 0 aliphatic rings. The zero-order valence-corrected chi connectivity index (χ0v) is 19.2. The number of nitrogens with one attached hydrogen (secondary N) is 2. The third kappa shape index (κ3) is 6.26. The fourth-order valence-electron chi connectivity index (χ4n) is 2.77. The van der Waals surface area contributed by atoms with Gasteiger partial charge in [0.15, 0.2) is 17.5 Å². The molecule has 180 valence electrons. The van der Waals surface area contributed by atoms with Crippen LogP contribution in [0.2, 0.25) is 0 Å². The van der Waals surface area contributed by atoms with E-state index in [4.69, 9.17) is 36.8 Å². The number of para-hydroxylation sites is 2. The van der Waals surface area contributed by atoms with Crippen LogP contribution in [0.15, 0.2) is 42.5 Å². The lowest BCUT2D eigenvalue weighted by Gasteiger charge is -2.20. The van der Waals surface area contributed by atoms with Gasteiger partial charge in [-0.25, -0.2) is 4.79 Å². The monoisotopic (exact) mass is 476 g/mol. The number of carbonyl (C=O) groups excluding carboxylic acids is 1. The lowest BCUT2D eigenvalue weighted by molar-refractivity contribution is 0.00688. The number of hydrogen-bond acceptors (Lipinski definition) is 10. The van der Waals surface area contributed by atoms with Gasteiger partial charge in [0.25, 0.3) is 5.88 Å². The Kier molecular flexibility index (Phi) is 6.91. The largest absolute Gasteiger partial charge is 0.456 e. The zero-order chi connectivity index (χ0) is 25.8. The number of guanidine groups is 1. The molecule has 3 aromatic rings. The van der Waals surface area contributed by atoms with Gasteiger partial charge in [-0.1, -0.05) is 12.1 Å². The summed E-state index contributed by atoms with van der Waals surface area (Å²) in [7, 11) is 0. The van der Waals surface area contributed by atoms with Gasteiger partial charge in [0.05, 0.1) is 16.8 Å². The van der Waals surface area contributed by atoms with E-state index < -0.39 is 11.6 Å². The highest BCUT2D eigenvalue weighted by atomic mass is 16.6. The number of aromatic nitrogens is 2. The molecule has 0 aliphatic carbocycles. The molecule has 35 heavy (non-hydrogen) atoms. The number of hydrogen-bond donors (Lipinski definition) is 5. The van der Waals surface area contributed by atoms with Crippen molar-refractivity contribution in [3.05, 3.63) is 53.6 Å². The summed E-state index contributed by atoms with van der Waals surface area (Å²) in [5.41, 5.74) is 17.0. The van der Waals surface area contributed by atoms with Gasteiger partial charge >= 0.3 is 12.0 Å². The molecule has 0 saturated heterocycles. The molecule has 0 aliphatic heterocycles. The summed E-state index contributed by atoms with van der Waals surface area (Å²) in [5, 5.41) is 19.4. The molecular formula is C23H24N8O4. The van der Waals surface area contributed by atoms with Gasteiger partial charge in [-0.05, 0) is 51.1 Å². The topological polar surface area (TPSA) is 208 Å². The quantitative estimate of drug-likeness (QED) is 0.198. The Morgan fingerprint density at radius 3 is 2.49 bits per heavy atom. The minimum Gasteiger partial charge on any atom is -0.456 e. The second-order valence-electron chi connectivity index (χ2n) is 8.17. The van der Waals surface area contributed by atoms with Crippen LogP contribution >= 0.6 is 0 Å². The van der Waals surface area contributed by atoms with Crippen LogP contribution in [-0.2, 0) is 4.74 Å². The maximum atomic E-state index is 12.6. The molecule has 0 bridgehead atoms. The lowest BCUT2D eigenvalue weighted by Crippen LogP contribution is -2.24. The summed E-state index contributed by atoms with van der Waals surface area (Å²) in [4.78, 5) is 20.8. The van der Waals surface area contributed by atoms with Crippen LogP contribution in [0.25, 0.3) is 0 Å². The van der Waals surface area contributed by atoms with E-state index in [9.17, 15) is 10.1 Å². The summed E-state index contributed by atoms with van der Waals surface area (Å²) in [6.07, 6.45) is 0. The van der Waals surface area contributed by atoms with Crippen molar-refractivity contribution in [3.8, 4) is 29.5 Å². The molecule has 1 heterocycles. The van der Waals surface area contributed by atoms with E-state index in [1.807, 2.05) is 6.07 Å². The van der Waals surface area contributed by atoms with Gasteiger partial charge in [0.1, 0.15) is 23.1 Å². The number of carbonyl (C=O) groups is 1. The van der Waals surface area contributed by atoms with Crippen LogP contribution in [0.4, 0.5) is 17.2 Å². The minimum absolute atomic E-state index is 0.0150. The predicted molar refractivity (Wildman–Crippen MR) is 129 cm³/mol. The molecule has 1 aromatic heterocycles. The van der Waals surface area contributed by atoms with E-state index in [0.717, 1.165) is 0 Å². The molecule has 0 unspecified atom stereocenters. The summed E-state index contributed by atoms with van der Waals surface area (Å²) < 4.78 is 16.8. The van der Waals surface area contributed by atoms with Crippen molar-refractivity contribution in [3.63, 3.8) is 0 Å². The van der Waals surface area contributed by atoms with Crippen LogP contribution in [0.5, 0.6) is 23.4 Å². The van der Waals surface area contributed by atoms with Crippen LogP contribution in [0, 0.1) is 16.7 Å². The number of nitrogens with two attached hydrogens (primary N) is 3. The molecule has 3 rings (SSSR count). The molecule has 12 nitrogen and oxygen atoms in total. The molecule has 0 atom stereocenters. The molecule has 0 saturated carbocycles. The van der Waals surface area contributed by atoms with E-state index in [-0.39, 0.29) is 52.0 Å². The van der Waals surface area contributed by atoms with Gasteiger partial charge in [-0.15, -0.1) is 0 Å². The van der Waals surface area contributed by atoms with E-state index in [1.165, 1.54) is 18.2 Å². The summed E-state index contributed by atoms with van der Waals surface area (Å²) in [6.45, 7) is 5.15. The number of esters is 1. The summed E-state index contributed by atoms with van der Waals surface area (Å²) >= 11 is 0. The average Bonchev–Trinajstić information content (AvgIpc) is 2.77. The van der Waals surface area contributed by atoms with Crippen LogP contribution in [0.3, 0.4) is 0 Å². The van der Waals surface area contributed by atoms with Crippen LogP contribution < -0.4 is 32.0 Å². The molecule has 0 fully saturated rings. The van der Waals surface area contributed by atoms with Crippen LogP contribution in [-0.4, -0.2) is 27.5 Å². The van der Waals surface area contributed by atoms with Gasteiger partial charge in [0, 0.05) is 0 Å². The van der Waals surface area contributed by atoms with Crippen molar-refractivity contribution < 1.29 is 19.0 Å². The summed E-state index contributed by atoms with van der Waals surface area (Å²) in [6, 6.07) is 12.7. The van der Waals surface area contributed by atoms with Gasteiger partial charge in [-0.3, -0.25) is 5.41 Å². The number of rotatable bonds is 6. The van der Waals surface area contributed by atoms with E-state index in [0.29, 0.717) is 5.69 Å². The van der Waals surface area contributed by atoms with Gasteiger partial charge < -0.3 is 36.7 Å². The van der Waals surface area contributed by atoms with E-state index >= 15 is 0 Å². The third-order valence-electron chi connectivity index (χ3n) is 4.22. The molecule has 0 amide bonds. The van der Waals surface area contributed by atoms with Crippen molar-refractivity contribution in [2.75, 3.05) is 16.8 Å². The van der Waals surface area contributed by atoms with Crippen molar-refractivity contribution in [2.45, 2.75) is 26.4 Å². The van der Waals surface area contributed by atoms with Crippen molar-refractivity contribution >= 4 is 29.1 Å². The maximum absolute atomic E-state index is 12.6. The molecule has 0 spiro atoms. The lowest BCUT2D eigenvalue weighted by atomic mass is 10.1. The Morgan fingerprint density at radius 1 is 1.11 bits per heavy atom. The molecular weight excluding hydrogens is 452 g/mol. The second kappa shape index (κ2) is 9.84. The van der Waals surface area contributed by atoms with Crippen LogP contribution in [0.1, 0.15) is 36.7 Å². The first-order valence-electron chi connectivity index (χ1n) is 10.2. The van der Waals surface area contributed by atoms with E-state index in [1.54, 1.807) is 45.0 Å². The number of benzene rings is 2. The van der Waals surface area contributed by atoms with Gasteiger partial charge in [0.2, 0.25) is 0 Å². The minimum atomic E-state index is -0.758. The molecule has 8 N–H and O–H groups in total. The number of anilines is 3. The molecule has 0 radical (unpaired) electrons. The van der Waals surface area contributed by atoms with Gasteiger partial charge in [-0.2, -0.15) is 15.2 Å².